The molecule has 6 nitrogen and oxygen atoms in total. The standard InChI is InChI=1S/C55H101NO5/c1-4-7-10-13-16-19-22-25-26-27-28-30-33-36-39-42-45-48-55(60)61-51(46-43-40-37-34-31-29-23-20-17-14-11-8-5-2)49-54(59)56-52(50-57)53(58)47-44-41-38-35-32-24-21-18-15-12-9-6-3/h8,11,14,17,20,23,25-26,51-53,57-58H,4-7,9-10,12-13,15-16,18-19,21-22,24,27-50H2,1-3H3,(H,56,59)/b11-8+,17-14+,23-20+,26-25+. The van der Waals surface area contributed by atoms with Crippen molar-refractivity contribution in [1.82, 2.24) is 5.32 Å². The van der Waals surface area contributed by atoms with Crippen molar-refractivity contribution in [3.63, 3.8) is 0 Å². The number of nitrogens with one attached hydrogen (secondary N) is 1. The summed E-state index contributed by atoms with van der Waals surface area (Å²) < 4.78 is 5.93. The zero-order valence-corrected chi connectivity index (χ0v) is 40.5. The molecule has 0 heterocycles. The van der Waals surface area contributed by atoms with E-state index in [1.165, 1.54) is 135 Å². The molecular formula is C55H101NO5. The Morgan fingerprint density at radius 2 is 0.902 bits per heavy atom. The summed E-state index contributed by atoms with van der Waals surface area (Å²) in [4.78, 5) is 26.2. The van der Waals surface area contributed by atoms with Crippen LogP contribution in [0.1, 0.15) is 265 Å². The van der Waals surface area contributed by atoms with Crippen LogP contribution in [0.4, 0.5) is 0 Å². The number of aliphatic hydroxyl groups is 2. The summed E-state index contributed by atoms with van der Waals surface area (Å²) in [6, 6.07) is -0.708. The van der Waals surface area contributed by atoms with E-state index in [0.717, 1.165) is 83.5 Å². The maximum Gasteiger partial charge on any atom is 0.306 e. The molecule has 0 saturated heterocycles. The molecular weight excluding hydrogens is 755 g/mol. The summed E-state index contributed by atoms with van der Waals surface area (Å²) in [5, 5.41) is 23.8. The summed E-state index contributed by atoms with van der Waals surface area (Å²) in [6.45, 7) is 6.35. The molecule has 0 aliphatic rings. The smallest absolute Gasteiger partial charge is 0.306 e. The third-order valence-corrected chi connectivity index (χ3v) is 12.0. The van der Waals surface area contributed by atoms with Gasteiger partial charge < -0.3 is 20.3 Å². The molecule has 0 aromatic carbocycles. The predicted molar refractivity (Wildman–Crippen MR) is 264 cm³/mol. The second-order valence-corrected chi connectivity index (χ2v) is 18.0. The van der Waals surface area contributed by atoms with Gasteiger partial charge in [-0.3, -0.25) is 9.59 Å². The average molecular weight is 856 g/mol. The van der Waals surface area contributed by atoms with Gasteiger partial charge in [-0.05, 0) is 70.6 Å². The predicted octanol–water partition coefficient (Wildman–Crippen LogP) is 15.8. The van der Waals surface area contributed by atoms with Crippen LogP contribution in [0.25, 0.3) is 0 Å². The molecule has 1 amide bonds. The summed E-state index contributed by atoms with van der Waals surface area (Å²) in [5.41, 5.74) is 0. The molecule has 0 aliphatic heterocycles. The summed E-state index contributed by atoms with van der Waals surface area (Å²) >= 11 is 0. The van der Waals surface area contributed by atoms with E-state index < -0.39 is 18.2 Å². The van der Waals surface area contributed by atoms with Gasteiger partial charge in [-0.1, -0.05) is 230 Å². The van der Waals surface area contributed by atoms with Crippen LogP contribution in [0, 0.1) is 0 Å². The minimum absolute atomic E-state index is 0.0631. The van der Waals surface area contributed by atoms with Crippen LogP contribution in [-0.4, -0.2) is 46.9 Å². The lowest BCUT2D eigenvalue weighted by molar-refractivity contribution is -0.151. The van der Waals surface area contributed by atoms with Crippen molar-refractivity contribution in [3.8, 4) is 0 Å². The summed E-state index contributed by atoms with van der Waals surface area (Å²) in [7, 11) is 0. The molecule has 6 heteroatoms. The monoisotopic (exact) mass is 856 g/mol. The van der Waals surface area contributed by atoms with E-state index in [1.807, 2.05) is 0 Å². The first-order chi connectivity index (χ1) is 30.0. The molecule has 61 heavy (non-hydrogen) atoms. The second kappa shape index (κ2) is 48.8. The number of aliphatic hydroxyl groups excluding tert-OH is 2. The molecule has 0 aliphatic carbocycles. The number of allylic oxidation sites excluding steroid dienone is 8. The fourth-order valence-electron chi connectivity index (χ4n) is 7.96. The van der Waals surface area contributed by atoms with Crippen LogP contribution in [0.5, 0.6) is 0 Å². The molecule has 0 aromatic heterocycles. The van der Waals surface area contributed by atoms with E-state index in [-0.39, 0.29) is 24.9 Å². The fraction of sp³-hybridized carbons (Fsp3) is 0.818. The summed E-state index contributed by atoms with van der Waals surface area (Å²) in [5.74, 6) is -0.493. The molecule has 0 bridgehead atoms. The topological polar surface area (TPSA) is 95.9 Å². The number of rotatable bonds is 47. The van der Waals surface area contributed by atoms with Gasteiger partial charge in [0.15, 0.2) is 0 Å². The van der Waals surface area contributed by atoms with Crippen molar-refractivity contribution in [2.45, 2.75) is 283 Å². The highest BCUT2D eigenvalue weighted by atomic mass is 16.5. The van der Waals surface area contributed by atoms with E-state index in [9.17, 15) is 19.8 Å². The zero-order chi connectivity index (χ0) is 44.5. The Labute approximate surface area is 378 Å². The Hall–Kier alpha value is -2.18. The van der Waals surface area contributed by atoms with Crippen molar-refractivity contribution in [2.75, 3.05) is 6.61 Å². The summed E-state index contributed by atoms with van der Waals surface area (Å²) in [6.07, 6.45) is 58.8. The molecule has 3 atom stereocenters. The van der Waals surface area contributed by atoms with Crippen LogP contribution in [0.3, 0.4) is 0 Å². The molecule has 356 valence electrons. The van der Waals surface area contributed by atoms with Crippen LogP contribution in [-0.2, 0) is 14.3 Å². The van der Waals surface area contributed by atoms with Gasteiger partial charge in [-0.2, -0.15) is 0 Å². The maximum atomic E-state index is 13.2. The first-order valence-corrected chi connectivity index (χ1v) is 26.4. The van der Waals surface area contributed by atoms with Crippen molar-refractivity contribution < 1.29 is 24.5 Å². The van der Waals surface area contributed by atoms with Gasteiger partial charge in [0.2, 0.25) is 5.91 Å². The Kier molecular flexibility index (Phi) is 47.1. The van der Waals surface area contributed by atoms with Gasteiger partial charge in [0, 0.05) is 6.42 Å². The van der Waals surface area contributed by atoms with Gasteiger partial charge in [0.05, 0.1) is 25.2 Å². The molecule has 0 spiro atoms. The largest absolute Gasteiger partial charge is 0.462 e. The van der Waals surface area contributed by atoms with Crippen molar-refractivity contribution >= 4 is 11.9 Å². The molecule has 0 radical (unpaired) electrons. The third kappa shape index (κ3) is 44.2. The maximum absolute atomic E-state index is 13.2. The number of esters is 1. The van der Waals surface area contributed by atoms with Gasteiger partial charge in [0.1, 0.15) is 6.10 Å². The van der Waals surface area contributed by atoms with Crippen LogP contribution in [0.15, 0.2) is 48.6 Å². The quantitative estimate of drug-likeness (QED) is 0.0245. The number of carbonyl (C=O) groups is 2. The van der Waals surface area contributed by atoms with Gasteiger partial charge in [0.25, 0.3) is 0 Å². The molecule has 3 N–H and O–H groups in total. The molecule has 0 fully saturated rings. The molecule has 0 aromatic rings. The highest BCUT2D eigenvalue weighted by Crippen LogP contribution is 2.18. The number of amides is 1. The minimum Gasteiger partial charge on any atom is -0.462 e. The highest BCUT2D eigenvalue weighted by Gasteiger charge is 2.24. The van der Waals surface area contributed by atoms with Crippen molar-refractivity contribution in [3.05, 3.63) is 48.6 Å². The average Bonchev–Trinajstić information content (AvgIpc) is 3.25. The molecule has 0 saturated carbocycles. The number of ether oxygens (including phenoxy) is 1. The number of hydrogen-bond acceptors (Lipinski definition) is 5. The first kappa shape index (κ1) is 58.8. The number of carbonyl (C=O) groups excluding carboxylic acids is 2. The third-order valence-electron chi connectivity index (χ3n) is 12.0. The lowest BCUT2D eigenvalue weighted by Crippen LogP contribution is -2.46. The van der Waals surface area contributed by atoms with Crippen LogP contribution in [0.2, 0.25) is 0 Å². The lowest BCUT2D eigenvalue weighted by atomic mass is 10.0. The molecule has 0 rings (SSSR count). The van der Waals surface area contributed by atoms with Crippen LogP contribution < -0.4 is 5.32 Å². The lowest BCUT2D eigenvalue weighted by Gasteiger charge is -2.24. The van der Waals surface area contributed by atoms with Crippen molar-refractivity contribution in [1.29, 1.82) is 0 Å². The first-order valence-electron chi connectivity index (χ1n) is 26.4. The van der Waals surface area contributed by atoms with Crippen LogP contribution >= 0.6 is 0 Å². The minimum atomic E-state index is -0.793. The van der Waals surface area contributed by atoms with E-state index >= 15 is 0 Å². The Morgan fingerprint density at radius 3 is 1.38 bits per heavy atom. The zero-order valence-electron chi connectivity index (χ0n) is 40.5. The van der Waals surface area contributed by atoms with Crippen molar-refractivity contribution in [2.24, 2.45) is 0 Å². The van der Waals surface area contributed by atoms with E-state index in [2.05, 4.69) is 74.7 Å². The number of unbranched alkanes of at least 4 members (excludes halogenated alkanes) is 29. The highest BCUT2D eigenvalue weighted by molar-refractivity contribution is 5.77. The van der Waals surface area contributed by atoms with Gasteiger partial charge in [-0.25, -0.2) is 0 Å². The number of hydrogen-bond donors (Lipinski definition) is 3. The Morgan fingerprint density at radius 1 is 0.492 bits per heavy atom. The normalized spacial score (nSPS) is 13.6. The SMILES string of the molecule is CC/C=C/C=C/C=C/CCCCCCCC(CC(=O)NC(CO)C(O)CCCCCCCCCCCCCC)OC(=O)CCCCCCCCC/C=C/CCCCCCCC. The van der Waals surface area contributed by atoms with E-state index in [4.69, 9.17) is 4.74 Å². The van der Waals surface area contributed by atoms with E-state index in [0.29, 0.717) is 19.3 Å². The van der Waals surface area contributed by atoms with Gasteiger partial charge >= 0.3 is 5.97 Å². The van der Waals surface area contributed by atoms with E-state index in [1.54, 1.807) is 0 Å². The fourth-order valence-corrected chi connectivity index (χ4v) is 7.96. The molecule has 3 unspecified atom stereocenters. The second-order valence-electron chi connectivity index (χ2n) is 18.0. The van der Waals surface area contributed by atoms with Gasteiger partial charge in [-0.15, -0.1) is 0 Å². The Bertz CT molecular complexity index is 1050. The Balaban J connectivity index is 4.57.